The molecule has 1 aliphatic heterocycles. The molecule has 5 rings (SSSR count). The molecule has 1 N–H and O–H groups in total. The smallest absolute Gasteiger partial charge is 0.232 e. The summed E-state index contributed by atoms with van der Waals surface area (Å²) in [6, 6.07) is 29.0. The molecule has 1 aromatic heterocycles. The van der Waals surface area contributed by atoms with Crippen molar-refractivity contribution in [2.24, 2.45) is 5.92 Å². The van der Waals surface area contributed by atoms with E-state index < -0.39 is 6.10 Å². The van der Waals surface area contributed by atoms with Gasteiger partial charge in [-0.25, -0.2) is 0 Å². The summed E-state index contributed by atoms with van der Waals surface area (Å²) < 4.78 is 12.0. The van der Waals surface area contributed by atoms with Crippen molar-refractivity contribution < 1.29 is 14.4 Å². The Hall–Kier alpha value is -3.45. The molecule has 6 nitrogen and oxygen atoms in total. The lowest BCUT2D eigenvalue weighted by atomic mass is 9.99. The largest absolute Gasteiger partial charge is 0.389 e. The van der Waals surface area contributed by atoms with E-state index in [1.54, 1.807) is 0 Å². The van der Waals surface area contributed by atoms with Crippen LogP contribution >= 0.6 is 0 Å². The van der Waals surface area contributed by atoms with E-state index in [1.165, 1.54) is 11.1 Å². The first-order chi connectivity index (χ1) is 19.6. The van der Waals surface area contributed by atoms with Crippen molar-refractivity contribution in [2.75, 3.05) is 31.1 Å². The zero-order valence-electron chi connectivity index (χ0n) is 23.7. The van der Waals surface area contributed by atoms with E-state index in [0.29, 0.717) is 25.6 Å². The quantitative estimate of drug-likeness (QED) is 0.214. The van der Waals surface area contributed by atoms with Crippen LogP contribution in [0.5, 0.6) is 0 Å². The zero-order valence-corrected chi connectivity index (χ0v) is 23.7. The van der Waals surface area contributed by atoms with Crippen molar-refractivity contribution in [3.8, 4) is 11.3 Å². The number of benzene rings is 3. The number of nitrogens with zero attached hydrogens (tertiary/aromatic N) is 3. The maximum atomic E-state index is 11.0. The van der Waals surface area contributed by atoms with Gasteiger partial charge in [0, 0.05) is 31.7 Å². The summed E-state index contributed by atoms with van der Waals surface area (Å²) in [4.78, 5) is 4.65. The Bertz CT molecular complexity index is 1320. The predicted molar refractivity (Wildman–Crippen MR) is 160 cm³/mol. The van der Waals surface area contributed by atoms with Gasteiger partial charge in [-0.2, -0.15) is 0 Å². The summed E-state index contributed by atoms with van der Waals surface area (Å²) in [5.41, 5.74) is 6.84. The molecule has 0 fully saturated rings. The third kappa shape index (κ3) is 7.39. The minimum absolute atomic E-state index is 0.290. The van der Waals surface area contributed by atoms with Crippen LogP contribution < -0.4 is 4.90 Å². The third-order valence-electron chi connectivity index (χ3n) is 7.53. The number of hydrogen-bond acceptors (Lipinski definition) is 6. The van der Waals surface area contributed by atoms with E-state index in [4.69, 9.17) is 9.26 Å². The minimum atomic E-state index is -0.596. The van der Waals surface area contributed by atoms with E-state index in [2.05, 4.69) is 65.2 Å². The van der Waals surface area contributed by atoms with E-state index in [1.807, 2.05) is 48.5 Å². The highest BCUT2D eigenvalue weighted by molar-refractivity contribution is 5.68. The summed E-state index contributed by atoms with van der Waals surface area (Å²) in [5.74, 6) is 1.39. The first kappa shape index (κ1) is 28.1. The van der Waals surface area contributed by atoms with Crippen LogP contribution in [-0.4, -0.2) is 47.5 Å². The van der Waals surface area contributed by atoms with E-state index in [9.17, 15) is 5.11 Å². The Labute approximate surface area is 238 Å². The number of hydrogen-bond donors (Lipinski definition) is 1. The number of rotatable bonds is 13. The molecule has 0 radical (unpaired) electrons. The highest BCUT2D eigenvalue weighted by Crippen LogP contribution is 2.35. The lowest BCUT2D eigenvalue weighted by molar-refractivity contribution is 0.00791. The molecule has 0 spiro atoms. The van der Waals surface area contributed by atoms with Gasteiger partial charge in [-0.05, 0) is 42.0 Å². The molecule has 1 atom stereocenters. The molecule has 0 saturated heterocycles. The van der Waals surface area contributed by atoms with Gasteiger partial charge in [0.25, 0.3) is 0 Å². The Balaban J connectivity index is 1.35. The second kappa shape index (κ2) is 13.8. The second-order valence-electron chi connectivity index (χ2n) is 11.2. The Morgan fingerprint density at radius 2 is 1.65 bits per heavy atom. The average Bonchev–Trinajstić information content (AvgIpc) is 3.40. The van der Waals surface area contributed by atoms with Crippen LogP contribution in [0.15, 0.2) is 89.5 Å². The fourth-order valence-corrected chi connectivity index (χ4v) is 5.32. The number of fused-ring (bicyclic) bond motifs is 1. The summed E-state index contributed by atoms with van der Waals surface area (Å²) in [5, 5.41) is 15.6. The predicted octanol–water partition coefficient (Wildman–Crippen LogP) is 6.33. The Morgan fingerprint density at radius 3 is 2.40 bits per heavy atom. The minimum Gasteiger partial charge on any atom is -0.389 e. The van der Waals surface area contributed by atoms with Gasteiger partial charge < -0.3 is 19.3 Å². The van der Waals surface area contributed by atoms with Crippen molar-refractivity contribution in [1.82, 2.24) is 10.1 Å². The van der Waals surface area contributed by atoms with E-state index in [0.717, 1.165) is 60.7 Å². The highest BCUT2D eigenvalue weighted by Gasteiger charge is 2.27. The highest BCUT2D eigenvalue weighted by atomic mass is 16.5. The van der Waals surface area contributed by atoms with Crippen molar-refractivity contribution in [1.29, 1.82) is 0 Å². The van der Waals surface area contributed by atoms with Crippen LogP contribution in [0.1, 0.15) is 42.5 Å². The molecule has 0 saturated carbocycles. The normalized spacial score (nSPS) is 14.1. The first-order valence-corrected chi connectivity index (χ1v) is 14.4. The van der Waals surface area contributed by atoms with Crippen LogP contribution in [0.25, 0.3) is 11.3 Å². The van der Waals surface area contributed by atoms with Gasteiger partial charge in [-0.1, -0.05) is 104 Å². The first-order valence-electron chi connectivity index (χ1n) is 14.4. The average molecular weight is 540 g/mol. The van der Waals surface area contributed by atoms with Gasteiger partial charge in [0.2, 0.25) is 5.88 Å². The molecule has 3 aromatic carbocycles. The SMILES string of the molecule is CC(C)CCN(Cc1c(-c2ccccc2)noc1N1CCc2ccccc2C1)CC(O)COCc1ccccc1. The number of aliphatic hydroxyl groups is 1. The molecule has 4 aromatic rings. The number of ether oxygens (including phenoxy) is 1. The Morgan fingerprint density at radius 1 is 0.950 bits per heavy atom. The Kier molecular flexibility index (Phi) is 9.66. The fourth-order valence-electron chi connectivity index (χ4n) is 5.32. The van der Waals surface area contributed by atoms with Crippen molar-refractivity contribution in [2.45, 2.75) is 52.5 Å². The maximum Gasteiger partial charge on any atom is 0.232 e. The van der Waals surface area contributed by atoms with Crippen LogP contribution in [0, 0.1) is 5.92 Å². The second-order valence-corrected chi connectivity index (χ2v) is 11.2. The molecule has 0 bridgehead atoms. The topological polar surface area (TPSA) is 62.0 Å². The lowest BCUT2D eigenvalue weighted by Crippen LogP contribution is -2.36. The van der Waals surface area contributed by atoms with Gasteiger partial charge in [-0.15, -0.1) is 0 Å². The molecule has 1 unspecified atom stereocenters. The third-order valence-corrected chi connectivity index (χ3v) is 7.53. The standard InChI is InChI=1S/C34H41N3O3/c1-26(2)17-19-36(22-31(38)25-39-24-27-11-5-3-6-12-27)23-32-33(29-14-7-4-8-15-29)35-40-34(32)37-20-18-28-13-9-10-16-30(28)21-37/h3-16,26,31,38H,17-25H2,1-2H3. The molecule has 0 amide bonds. The molecule has 2 heterocycles. The molecule has 40 heavy (non-hydrogen) atoms. The van der Waals surface area contributed by atoms with Crippen LogP contribution in [0.4, 0.5) is 5.88 Å². The number of aromatic nitrogens is 1. The number of anilines is 1. The summed E-state index contributed by atoms with van der Waals surface area (Å²) in [6.45, 7) is 8.98. The van der Waals surface area contributed by atoms with Crippen molar-refractivity contribution >= 4 is 5.88 Å². The molecule has 1 aliphatic rings. The molecule has 0 aliphatic carbocycles. The summed E-state index contributed by atoms with van der Waals surface area (Å²) >= 11 is 0. The van der Waals surface area contributed by atoms with E-state index >= 15 is 0 Å². The molecular formula is C34H41N3O3. The van der Waals surface area contributed by atoms with Gasteiger partial charge >= 0.3 is 0 Å². The van der Waals surface area contributed by atoms with Gasteiger partial charge in [0.05, 0.1) is 24.9 Å². The van der Waals surface area contributed by atoms with Crippen LogP contribution in [0.2, 0.25) is 0 Å². The molecular weight excluding hydrogens is 498 g/mol. The lowest BCUT2D eigenvalue weighted by Gasteiger charge is -2.30. The maximum absolute atomic E-state index is 11.0. The monoisotopic (exact) mass is 539 g/mol. The zero-order chi connectivity index (χ0) is 27.7. The van der Waals surface area contributed by atoms with E-state index in [-0.39, 0.29) is 6.61 Å². The van der Waals surface area contributed by atoms with Crippen LogP contribution in [0.3, 0.4) is 0 Å². The van der Waals surface area contributed by atoms with Crippen molar-refractivity contribution in [3.63, 3.8) is 0 Å². The number of aliphatic hydroxyl groups excluding tert-OH is 1. The fraction of sp³-hybridized carbons (Fsp3) is 0.382. The van der Waals surface area contributed by atoms with Gasteiger partial charge in [-0.3, -0.25) is 4.90 Å². The molecule has 210 valence electrons. The summed E-state index contributed by atoms with van der Waals surface area (Å²) in [6.07, 6.45) is 1.42. The van der Waals surface area contributed by atoms with Gasteiger partial charge in [0.15, 0.2) is 0 Å². The van der Waals surface area contributed by atoms with Crippen molar-refractivity contribution in [3.05, 3.63) is 107 Å². The summed E-state index contributed by atoms with van der Waals surface area (Å²) in [7, 11) is 0. The van der Waals surface area contributed by atoms with Crippen LogP contribution in [-0.2, 0) is 30.9 Å². The van der Waals surface area contributed by atoms with Gasteiger partial charge in [0.1, 0.15) is 5.69 Å². The molecule has 6 heteroatoms.